The number of piperidine rings is 1. The van der Waals surface area contributed by atoms with Crippen LogP contribution in [0, 0.1) is 29.1 Å². The lowest BCUT2D eigenvalue weighted by Crippen LogP contribution is -2.41. The van der Waals surface area contributed by atoms with E-state index in [1.807, 2.05) is 0 Å². The monoisotopic (exact) mass is 431 g/mol. The standard InChI is InChI=1S/C23H28F3N5/c1-2-3-16-6-10-30(11-7-16)13-18-14-31(15-19(18)23(24,25)26)20-5-4-17(12-27)21-22(20)29-9-8-28-21/h4-5,8-9,16,18-19H,2-3,6-7,10-11,13-15H2,1H3/t18-,19-/m0/s1. The third-order valence-electron chi connectivity index (χ3n) is 6.82. The van der Waals surface area contributed by atoms with Gasteiger partial charge < -0.3 is 9.80 Å². The summed E-state index contributed by atoms with van der Waals surface area (Å²) in [4.78, 5) is 12.6. The Hall–Kier alpha value is -2.40. The predicted molar refractivity (Wildman–Crippen MR) is 114 cm³/mol. The highest BCUT2D eigenvalue weighted by Crippen LogP contribution is 2.41. The summed E-state index contributed by atoms with van der Waals surface area (Å²) >= 11 is 0. The van der Waals surface area contributed by atoms with Crippen LogP contribution in [0.4, 0.5) is 18.9 Å². The maximum Gasteiger partial charge on any atom is 0.393 e. The van der Waals surface area contributed by atoms with Crippen LogP contribution in [-0.2, 0) is 0 Å². The molecule has 0 unspecified atom stereocenters. The molecule has 5 nitrogen and oxygen atoms in total. The molecule has 8 heteroatoms. The summed E-state index contributed by atoms with van der Waals surface area (Å²) in [7, 11) is 0. The number of hydrogen-bond donors (Lipinski definition) is 0. The Kier molecular flexibility index (Phi) is 6.33. The van der Waals surface area contributed by atoms with E-state index in [1.165, 1.54) is 25.2 Å². The van der Waals surface area contributed by atoms with Crippen LogP contribution in [0.1, 0.15) is 38.2 Å². The summed E-state index contributed by atoms with van der Waals surface area (Å²) in [6.45, 7) is 4.67. The molecule has 2 fully saturated rings. The number of halogens is 3. The first kappa shape index (κ1) is 21.8. The molecule has 3 heterocycles. The second-order valence-corrected chi connectivity index (χ2v) is 8.84. The number of nitrogens with zero attached hydrogens (tertiary/aromatic N) is 5. The van der Waals surface area contributed by atoms with Crippen LogP contribution >= 0.6 is 0 Å². The van der Waals surface area contributed by atoms with Crippen LogP contribution in [0.2, 0.25) is 0 Å². The first-order valence-corrected chi connectivity index (χ1v) is 11.1. The van der Waals surface area contributed by atoms with Gasteiger partial charge in [-0.25, -0.2) is 0 Å². The van der Waals surface area contributed by atoms with Crippen molar-refractivity contribution in [2.75, 3.05) is 37.6 Å². The first-order chi connectivity index (χ1) is 14.9. The Morgan fingerprint density at radius 1 is 1.10 bits per heavy atom. The van der Waals surface area contributed by atoms with Gasteiger partial charge in [0.25, 0.3) is 0 Å². The molecule has 0 bridgehead atoms. The van der Waals surface area contributed by atoms with Gasteiger partial charge in [0.2, 0.25) is 0 Å². The number of anilines is 1. The molecule has 2 aromatic rings. The van der Waals surface area contributed by atoms with E-state index in [1.54, 1.807) is 17.0 Å². The highest BCUT2D eigenvalue weighted by molar-refractivity contribution is 5.92. The Labute approximate surface area is 180 Å². The van der Waals surface area contributed by atoms with Crippen molar-refractivity contribution >= 4 is 16.7 Å². The smallest absolute Gasteiger partial charge is 0.369 e. The molecule has 0 N–H and O–H groups in total. The molecule has 31 heavy (non-hydrogen) atoms. The summed E-state index contributed by atoms with van der Waals surface area (Å²) in [6.07, 6.45) is 3.31. The minimum Gasteiger partial charge on any atom is -0.369 e. The van der Waals surface area contributed by atoms with Gasteiger partial charge in [-0.1, -0.05) is 19.8 Å². The average molecular weight is 432 g/mol. The number of benzene rings is 1. The summed E-state index contributed by atoms with van der Waals surface area (Å²) in [5.74, 6) is -1.14. The molecule has 1 aromatic heterocycles. The normalized spacial score (nSPS) is 23.4. The maximum atomic E-state index is 13.9. The van der Waals surface area contributed by atoms with E-state index in [0.717, 1.165) is 25.9 Å². The molecule has 2 atom stereocenters. The van der Waals surface area contributed by atoms with Crippen LogP contribution < -0.4 is 4.90 Å². The van der Waals surface area contributed by atoms with E-state index in [4.69, 9.17) is 0 Å². The fourth-order valence-corrected chi connectivity index (χ4v) is 5.21. The Morgan fingerprint density at radius 3 is 2.45 bits per heavy atom. The summed E-state index contributed by atoms with van der Waals surface area (Å²) in [5, 5.41) is 9.33. The van der Waals surface area contributed by atoms with Gasteiger partial charge in [0.15, 0.2) is 0 Å². The van der Waals surface area contributed by atoms with E-state index < -0.39 is 18.0 Å². The molecule has 2 saturated heterocycles. The van der Waals surface area contributed by atoms with Crippen molar-refractivity contribution in [3.05, 3.63) is 30.1 Å². The van der Waals surface area contributed by atoms with Crippen molar-refractivity contribution < 1.29 is 13.2 Å². The number of nitriles is 1. The molecule has 0 aliphatic carbocycles. The second kappa shape index (κ2) is 8.99. The van der Waals surface area contributed by atoms with Crippen molar-refractivity contribution in [2.24, 2.45) is 17.8 Å². The van der Waals surface area contributed by atoms with Gasteiger partial charge >= 0.3 is 6.18 Å². The van der Waals surface area contributed by atoms with Crippen LogP contribution in [0.15, 0.2) is 24.5 Å². The number of likely N-dealkylation sites (tertiary alicyclic amines) is 1. The van der Waals surface area contributed by atoms with Gasteiger partial charge in [0, 0.05) is 37.9 Å². The lowest BCUT2D eigenvalue weighted by Gasteiger charge is -2.34. The molecular weight excluding hydrogens is 403 g/mol. The molecule has 0 saturated carbocycles. The SMILES string of the molecule is CCCC1CCN(C[C@H]2CN(c3ccc(C#N)c4nccnc34)C[C@@H]2C(F)(F)F)CC1. The summed E-state index contributed by atoms with van der Waals surface area (Å²) in [5.41, 5.74) is 1.93. The minimum absolute atomic E-state index is 0.0853. The third-order valence-corrected chi connectivity index (χ3v) is 6.82. The summed E-state index contributed by atoms with van der Waals surface area (Å²) in [6, 6.07) is 5.42. The van der Waals surface area contributed by atoms with Crippen LogP contribution in [0.5, 0.6) is 0 Å². The van der Waals surface area contributed by atoms with Crippen molar-refractivity contribution in [2.45, 2.75) is 38.8 Å². The molecule has 0 spiro atoms. The molecule has 1 aromatic carbocycles. The quantitative estimate of drug-likeness (QED) is 0.691. The zero-order valence-electron chi connectivity index (χ0n) is 17.8. The molecule has 0 amide bonds. The minimum atomic E-state index is -4.24. The van der Waals surface area contributed by atoms with Crippen molar-refractivity contribution in [3.63, 3.8) is 0 Å². The van der Waals surface area contributed by atoms with Gasteiger partial charge in [-0.05, 0) is 44.0 Å². The fourth-order valence-electron chi connectivity index (χ4n) is 5.21. The number of hydrogen-bond acceptors (Lipinski definition) is 5. The zero-order chi connectivity index (χ0) is 22.0. The van der Waals surface area contributed by atoms with Crippen molar-refractivity contribution in [1.29, 1.82) is 5.26 Å². The predicted octanol–water partition coefficient (Wildman–Crippen LogP) is 4.63. The van der Waals surface area contributed by atoms with Crippen LogP contribution in [-0.4, -0.2) is 53.8 Å². The van der Waals surface area contributed by atoms with Gasteiger partial charge in [0.05, 0.1) is 17.2 Å². The third kappa shape index (κ3) is 4.62. The molecule has 2 aliphatic heterocycles. The average Bonchev–Trinajstić information content (AvgIpc) is 3.18. The fraction of sp³-hybridized carbons (Fsp3) is 0.609. The highest BCUT2D eigenvalue weighted by atomic mass is 19.4. The first-order valence-electron chi connectivity index (χ1n) is 11.1. The number of aromatic nitrogens is 2. The molecule has 166 valence electrons. The van der Waals surface area contributed by atoms with Crippen molar-refractivity contribution in [1.82, 2.24) is 14.9 Å². The molecule has 4 rings (SSSR count). The van der Waals surface area contributed by atoms with Crippen molar-refractivity contribution in [3.8, 4) is 6.07 Å². The van der Waals surface area contributed by atoms with Gasteiger partial charge in [0.1, 0.15) is 17.1 Å². The van der Waals surface area contributed by atoms with Gasteiger partial charge in [-0.2, -0.15) is 18.4 Å². The zero-order valence-corrected chi connectivity index (χ0v) is 17.8. The highest BCUT2D eigenvalue weighted by Gasteiger charge is 2.50. The second-order valence-electron chi connectivity index (χ2n) is 8.84. The Morgan fingerprint density at radius 2 is 1.81 bits per heavy atom. The lowest BCUT2D eigenvalue weighted by atomic mass is 9.90. The van der Waals surface area contributed by atoms with E-state index >= 15 is 0 Å². The van der Waals surface area contributed by atoms with Crippen LogP contribution in [0.25, 0.3) is 11.0 Å². The van der Waals surface area contributed by atoms with Gasteiger partial charge in [-0.15, -0.1) is 0 Å². The van der Waals surface area contributed by atoms with E-state index in [-0.39, 0.29) is 6.54 Å². The maximum absolute atomic E-state index is 13.9. The number of fused-ring (bicyclic) bond motifs is 1. The Balaban J connectivity index is 1.54. The van der Waals surface area contributed by atoms with E-state index in [9.17, 15) is 18.4 Å². The van der Waals surface area contributed by atoms with Gasteiger partial charge in [-0.3, -0.25) is 9.97 Å². The topological polar surface area (TPSA) is 56.0 Å². The Bertz CT molecular complexity index is 946. The van der Waals surface area contributed by atoms with E-state index in [2.05, 4.69) is 27.9 Å². The number of alkyl halides is 3. The molecular formula is C23H28F3N5. The lowest BCUT2D eigenvalue weighted by molar-refractivity contribution is -0.180. The largest absolute Gasteiger partial charge is 0.393 e. The molecule has 2 aliphatic rings. The summed E-state index contributed by atoms with van der Waals surface area (Å²) < 4.78 is 41.8. The molecule has 0 radical (unpaired) electrons. The van der Waals surface area contributed by atoms with Crippen LogP contribution in [0.3, 0.4) is 0 Å². The number of rotatable bonds is 5. The van der Waals surface area contributed by atoms with E-state index in [0.29, 0.717) is 41.3 Å².